The zero-order valence-electron chi connectivity index (χ0n) is 9.00. The Hall–Kier alpha value is -1.42. The van der Waals surface area contributed by atoms with Gasteiger partial charge in [-0.05, 0) is 25.5 Å². The highest BCUT2D eigenvalue weighted by atomic mass is 19.1. The van der Waals surface area contributed by atoms with E-state index in [1.54, 1.807) is 18.2 Å². The predicted octanol–water partition coefficient (Wildman–Crippen LogP) is 1.19. The molecule has 0 aromatic heterocycles. The lowest BCUT2D eigenvalue weighted by Crippen LogP contribution is -2.40. The Bertz CT molecular complexity index is 375. The van der Waals surface area contributed by atoms with Gasteiger partial charge in [0, 0.05) is 12.1 Å². The van der Waals surface area contributed by atoms with Crippen LogP contribution in [-0.4, -0.2) is 18.5 Å². The summed E-state index contributed by atoms with van der Waals surface area (Å²) < 4.78 is 13.3. The van der Waals surface area contributed by atoms with Crippen molar-refractivity contribution >= 4 is 5.91 Å². The van der Waals surface area contributed by atoms with Crippen LogP contribution in [0.15, 0.2) is 24.3 Å². The van der Waals surface area contributed by atoms with E-state index < -0.39 is 0 Å². The average Bonchev–Trinajstić information content (AvgIpc) is 2.81. The standard InChI is InChI=1S/C12H15FN2O/c13-10-5-2-1-4-9(10)8-15-12(16)11-6-3-7-14-11/h1-2,4-5,11,14H,3,6-8H2,(H,15,16). The van der Waals surface area contributed by atoms with E-state index in [9.17, 15) is 9.18 Å². The number of amides is 1. The van der Waals surface area contributed by atoms with Gasteiger partial charge in [0.2, 0.25) is 5.91 Å². The molecule has 1 aromatic rings. The molecule has 0 aliphatic carbocycles. The van der Waals surface area contributed by atoms with E-state index in [1.807, 2.05) is 0 Å². The van der Waals surface area contributed by atoms with Crippen LogP contribution in [0.2, 0.25) is 0 Å². The summed E-state index contributed by atoms with van der Waals surface area (Å²) in [5.41, 5.74) is 0.522. The van der Waals surface area contributed by atoms with Crippen LogP contribution in [0.25, 0.3) is 0 Å². The summed E-state index contributed by atoms with van der Waals surface area (Å²) in [5.74, 6) is -0.317. The average molecular weight is 222 g/mol. The highest BCUT2D eigenvalue weighted by Crippen LogP contribution is 2.07. The van der Waals surface area contributed by atoms with Gasteiger partial charge in [-0.15, -0.1) is 0 Å². The van der Waals surface area contributed by atoms with Crippen molar-refractivity contribution in [2.45, 2.75) is 25.4 Å². The van der Waals surface area contributed by atoms with Crippen molar-refractivity contribution in [1.29, 1.82) is 0 Å². The van der Waals surface area contributed by atoms with Gasteiger partial charge in [-0.2, -0.15) is 0 Å². The Morgan fingerprint density at radius 2 is 2.31 bits per heavy atom. The Labute approximate surface area is 94.0 Å². The summed E-state index contributed by atoms with van der Waals surface area (Å²) in [7, 11) is 0. The molecule has 1 aliphatic heterocycles. The fraction of sp³-hybridized carbons (Fsp3) is 0.417. The lowest BCUT2D eigenvalue weighted by atomic mass is 10.2. The summed E-state index contributed by atoms with van der Waals surface area (Å²) in [6, 6.07) is 6.37. The minimum Gasteiger partial charge on any atom is -0.351 e. The Morgan fingerprint density at radius 1 is 1.50 bits per heavy atom. The molecule has 16 heavy (non-hydrogen) atoms. The van der Waals surface area contributed by atoms with E-state index in [4.69, 9.17) is 0 Å². The first-order valence-corrected chi connectivity index (χ1v) is 5.52. The van der Waals surface area contributed by atoms with E-state index in [1.165, 1.54) is 6.07 Å². The lowest BCUT2D eigenvalue weighted by Gasteiger charge is -2.11. The van der Waals surface area contributed by atoms with E-state index in [2.05, 4.69) is 10.6 Å². The second-order valence-electron chi connectivity index (χ2n) is 3.96. The molecule has 1 unspecified atom stereocenters. The zero-order valence-corrected chi connectivity index (χ0v) is 9.00. The molecule has 0 saturated carbocycles. The van der Waals surface area contributed by atoms with Crippen molar-refractivity contribution in [1.82, 2.24) is 10.6 Å². The van der Waals surface area contributed by atoms with Crippen molar-refractivity contribution in [2.75, 3.05) is 6.54 Å². The first-order chi connectivity index (χ1) is 7.77. The van der Waals surface area contributed by atoms with Gasteiger partial charge in [-0.25, -0.2) is 4.39 Å². The van der Waals surface area contributed by atoms with Crippen LogP contribution in [0.3, 0.4) is 0 Å². The van der Waals surface area contributed by atoms with E-state index in [0.717, 1.165) is 19.4 Å². The van der Waals surface area contributed by atoms with Crippen molar-refractivity contribution in [3.05, 3.63) is 35.6 Å². The minimum absolute atomic E-state index is 0.0410. The molecule has 1 saturated heterocycles. The van der Waals surface area contributed by atoms with Crippen LogP contribution < -0.4 is 10.6 Å². The molecule has 0 bridgehead atoms. The molecule has 1 aromatic carbocycles. The second kappa shape index (κ2) is 5.07. The van der Waals surface area contributed by atoms with Crippen LogP contribution in [0.4, 0.5) is 4.39 Å². The second-order valence-corrected chi connectivity index (χ2v) is 3.96. The maximum absolute atomic E-state index is 13.3. The molecule has 0 spiro atoms. The highest BCUT2D eigenvalue weighted by Gasteiger charge is 2.21. The highest BCUT2D eigenvalue weighted by molar-refractivity contribution is 5.81. The number of hydrogen-bond donors (Lipinski definition) is 2. The van der Waals surface area contributed by atoms with E-state index in [0.29, 0.717) is 5.56 Å². The number of halogens is 1. The van der Waals surface area contributed by atoms with Crippen molar-refractivity contribution in [3.63, 3.8) is 0 Å². The van der Waals surface area contributed by atoms with Crippen molar-refractivity contribution in [2.24, 2.45) is 0 Å². The molecule has 3 nitrogen and oxygen atoms in total. The molecule has 0 radical (unpaired) electrons. The lowest BCUT2D eigenvalue weighted by molar-refractivity contribution is -0.122. The quantitative estimate of drug-likeness (QED) is 0.806. The third-order valence-corrected chi connectivity index (χ3v) is 2.79. The number of carbonyl (C=O) groups excluding carboxylic acids is 1. The normalized spacial score (nSPS) is 19.7. The molecule has 1 heterocycles. The SMILES string of the molecule is O=C(NCc1ccccc1F)C1CCCN1. The zero-order chi connectivity index (χ0) is 11.4. The predicted molar refractivity (Wildman–Crippen MR) is 59.3 cm³/mol. The number of rotatable bonds is 3. The molecular formula is C12H15FN2O. The number of nitrogens with one attached hydrogen (secondary N) is 2. The summed E-state index contributed by atoms with van der Waals surface area (Å²) in [4.78, 5) is 11.6. The van der Waals surface area contributed by atoms with Gasteiger partial charge < -0.3 is 10.6 Å². The topological polar surface area (TPSA) is 41.1 Å². The molecule has 86 valence electrons. The number of carbonyl (C=O) groups is 1. The number of benzene rings is 1. The van der Waals surface area contributed by atoms with Gasteiger partial charge in [0.15, 0.2) is 0 Å². The van der Waals surface area contributed by atoms with Crippen LogP contribution in [0.5, 0.6) is 0 Å². The number of hydrogen-bond acceptors (Lipinski definition) is 2. The summed E-state index contributed by atoms with van der Waals surface area (Å²) >= 11 is 0. The molecule has 4 heteroatoms. The molecule has 1 amide bonds. The van der Waals surface area contributed by atoms with Crippen LogP contribution in [-0.2, 0) is 11.3 Å². The third kappa shape index (κ3) is 2.58. The van der Waals surface area contributed by atoms with Gasteiger partial charge >= 0.3 is 0 Å². The first-order valence-electron chi connectivity index (χ1n) is 5.52. The van der Waals surface area contributed by atoms with Crippen molar-refractivity contribution in [3.8, 4) is 0 Å². The monoisotopic (exact) mass is 222 g/mol. The largest absolute Gasteiger partial charge is 0.351 e. The fourth-order valence-electron chi connectivity index (χ4n) is 1.86. The van der Waals surface area contributed by atoms with E-state index >= 15 is 0 Å². The van der Waals surface area contributed by atoms with Gasteiger partial charge in [0.25, 0.3) is 0 Å². The minimum atomic E-state index is -0.276. The maximum Gasteiger partial charge on any atom is 0.237 e. The first kappa shape index (κ1) is 11.1. The van der Waals surface area contributed by atoms with Crippen LogP contribution in [0, 0.1) is 5.82 Å². The van der Waals surface area contributed by atoms with Crippen LogP contribution in [0.1, 0.15) is 18.4 Å². The Balaban J connectivity index is 1.87. The van der Waals surface area contributed by atoms with Gasteiger partial charge in [0.05, 0.1) is 6.04 Å². The maximum atomic E-state index is 13.3. The molecule has 1 fully saturated rings. The van der Waals surface area contributed by atoms with Crippen molar-refractivity contribution < 1.29 is 9.18 Å². The van der Waals surface area contributed by atoms with E-state index in [-0.39, 0.29) is 24.3 Å². The van der Waals surface area contributed by atoms with Crippen LogP contribution >= 0.6 is 0 Å². The van der Waals surface area contributed by atoms with Gasteiger partial charge in [-0.1, -0.05) is 18.2 Å². The molecule has 2 rings (SSSR count). The summed E-state index contributed by atoms with van der Waals surface area (Å²) in [6.07, 6.45) is 1.89. The third-order valence-electron chi connectivity index (χ3n) is 2.79. The van der Waals surface area contributed by atoms with Gasteiger partial charge in [0.1, 0.15) is 5.82 Å². The summed E-state index contributed by atoms with van der Waals surface area (Å²) in [6.45, 7) is 1.14. The molecule has 1 atom stereocenters. The molecule has 2 N–H and O–H groups in total. The Kier molecular flexibility index (Phi) is 3.51. The fourth-order valence-corrected chi connectivity index (χ4v) is 1.86. The molecular weight excluding hydrogens is 207 g/mol. The molecule has 1 aliphatic rings. The van der Waals surface area contributed by atoms with Gasteiger partial charge in [-0.3, -0.25) is 4.79 Å². The summed E-state index contributed by atoms with van der Waals surface area (Å²) in [5, 5.41) is 5.84. The smallest absolute Gasteiger partial charge is 0.237 e. The Morgan fingerprint density at radius 3 is 3.00 bits per heavy atom.